The number of pyridine rings is 1. The number of aryl methyl sites for hydroxylation is 1. The topological polar surface area (TPSA) is 74.2 Å². The second-order valence-electron chi connectivity index (χ2n) is 8.01. The number of fused-ring (bicyclic) bond motifs is 2. The molecule has 2 aliphatic rings. The van der Waals surface area contributed by atoms with Crippen LogP contribution in [0.4, 0.5) is 10.6 Å². The molecule has 0 unspecified atom stereocenters. The first-order chi connectivity index (χ1) is 15.0. The van der Waals surface area contributed by atoms with Crippen LogP contribution in [0.3, 0.4) is 0 Å². The number of carbonyl (C=O) groups is 1. The Bertz CT molecular complexity index is 1220. The summed E-state index contributed by atoms with van der Waals surface area (Å²) in [5.74, 6) is 0.552. The van der Waals surface area contributed by atoms with Gasteiger partial charge in [-0.1, -0.05) is 35.1 Å². The smallest absolute Gasteiger partial charge is 0.323 e. The number of anilines is 1. The summed E-state index contributed by atoms with van der Waals surface area (Å²) < 4.78 is 0. The number of hydrogen-bond donors (Lipinski definition) is 1. The van der Waals surface area contributed by atoms with Crippen LogP contribution in [0.15, 0.2) is 54.0 Å². The number of benzene rings is 1. The summed E-state index contributed by atoms with van der Waals surface area (Å²) >= 11 is 1.57. The first-order valence-electron chi connectivity index (χ1n) is 10.4. The van der Waals surface area contributed by atoms with Crippen LogP contribution >= 0.6 is 11.3 Å². The summed E-state index contributed by atoms with van der Waals surface area (Å²) in [6.45, 7) is 6.22. The predicted octanol–water partition coefficient (Wildman–Crippen LogP) is 5.04. The number of urea groups is 1. The third kappa shape index (κ3) is 4.16. The second kappa shape index (κ2) is 8.11. The SMILES string of the molecule is CC1=CN2CCN(C(=O)Nc3cc4cc(-c5nnc(C)s5)ccc4cn3)CC2=CCC1.[HH]. The van der Waals surface area contributed by atoms with Gasteiger partial charge in [0.05, 0.1) is 6.54 Å². The zero-order valence-corrected chi connectivity index (χ0v) is 18.4. The Hall–Kier alpha value is -3.26. The summed E-state index contributed by atoms with van der Waals surface area (Å²) in [6.07, 6.45) is 8.35. The van der Waals surface area contributed by atoms with Crippen LogP contribution in [0.1, 0.15) is 26.2 Å². The molecule has 1 fully saturated rings. The van der Waals surface area contributed by atoms with Crippen LogP contribution in [0.2, 0.25) is 0 Å². The van der Waals surface area contributed by atoms with E-state index in [-0.39, 0.29) is 7.46 Å². The van der Waals surface area contributed by atoms with E-state index in [0.29, 0.717) is 18.9 Å². The average Bonchev–Trinajstić information content (AvgIpc) is 3.11. The molecule has 0 radical (unpaired) electrons. The molecule has 1 aromatic carbocycles. The van der Waals surface area contributed by atoms with Crippen molar-refractivity contribution in [2.45, 2.75) is 26.7 Å². The molecule has 1 saturated heterocycles. The Morgan fingerprint density at radius 1 is 1.16 bits per heavy atom. The Labute approximate surface area is 186 Å². The maximum absolute atomic E-state index is 12.9. The molecular weight excluding hydrogens is 408 g/mol. The number of aromatic nitrogens is 3. The van der Waals surface area contributed by atoms with Crippen molar-refractivity contribution in [2.24, 2.45) is 0 Å². The van der Waals surface area contributed by atoms with Gasteiger partial charge in [0.15, 0.2) is 0 Å². The number of allylic oxidation sites excluding steroid dienone is 2. The fraction of sp³-hybridized carbons (Fsp3) is 0.304. The number of amides is 2. The Kier molecular flexibility index (Phi) is 5.15. The van der Waals surface area contributed by atoms with Crippen molar-refractivity contribution in [3.63, 3.8) is 0 Å². The van der Waals surface area contributed by atoms with Crippen LogP contribution < -0.4 is 5.32 Å². The standard InChI is InChI=1S/C23H24N6OS.H2/c1-15-4-3-5-20-14-29(9-8-28(20)13-15)23(30)25-21-11-19-10-17(6-7-18(19)12-24-21)22-27-26-16(2)31-22;/h5-7,10-13H,3-4,8-9,14H2,1-2H3,(H,24,25,30);1H. The van der Waals surface area contributed by atoms with E-state index in [4.69, 9.17) is 0 Å². The molecule has 7 nitrogen and oxygen atoms in total. The van der Waals surface area contributed by atoms with Crippen molar-refractivity contribution >= 4 is 34.0 Å². The zero-order valence-electron chi connectivity index (χ0n) is 17.6. The minimum atomic E-state index is -0.117. The van der Waals surface area contributed by atoms with E-state index in [1.54, 1.807) is 17.5 Å². The van der Waals surface area contributed by atoms with Gasteiger partial charge < -0.3 is 9.80 Å². The molecule has 2 aliphatic heterocycles. The van der Waals surface area contributed by atoms with Crippen molar-refractivity contribution in [1.29, 1.82) is 0 Å². The van der Waals surface area contributed by atoms with Gasteiger partial charge in [0.1, 0.15) is 15.8 Å². The highest BCUT2D eigenvalue weighted by molar-refractivity contribution is 7.14. The highest BCUT2D eigenvalue weighted by Gasteiger charge is 2.24. The molecule has 5 rings (SSSR count). The van der Waals surface area contributed by atoms with Gasteiger partial charge in [-0.25, -0.2) is 9.78 Å². The number of rotatable bonds is 2. The third-order valence-corrected chi connectivity index (χ3v) is 6.53. The maximum atomic E-state index is 12.9. The molecule has 31 heavy (non-hydrogen) atoms. The third-order valence-electron chi connectivity index (χ3n) is 5.64. The van der Waals surface area contributed by atoms with E-state index in [1.165, 1.54) is 11.3 Å². The minimum absolute atomic E-state index is 0. The van der Waals surface area contributed by atoms with Crippen LogP contribution in [-0.4, -0.2) is 50.6 Å². The van der Waals surface area contributed by atoms with Gasteiger partial charge in [0, 0.05) is 43.6 Å². The molecule has 160 valence electrons. The zero-order chi connectivity index (χ0) is 21.4. The molecule has 3 aromatic rings. The Morgan fingerprint density at radius 3 is 2.90 bits per heavy atom. The van der Waals surface area contributed by atoms with Gasteiger partial charge in [-0.15, -0.1) is 10.2 Å². The minimum Gasteiger partial charge on any atom is -0.348 e. The molecule has 2 amide bonds. The molecule has 2 aromatic heterocycles. The van der Waals surface area contributed by atoms with E-state index in [2.05, 4.69) is 50.7 Å². The highest BCUT2D eigenvalue weighted by atomic mass is 32.1. The van der Waals surface area contributed by atoms with E-state index < -0.39 is 0 Å². The largest absolute Gasteiger partial charge is 0.348 e. The summed E-state index contributed by atoms with van der Waals surface area (Å²) in [4.78, 5) is 21.5. The van der Waals surface area contributed by atoms with Gasteiger partial charge in [-0.2, -0.15) is 0 Å². The second-order valence-corrected chi connectivity index (χ2v) is 9.19. The predicted molar refractivity (Wildman–Crippen MR) is 126 cm³/mol. The number of nitrogens with one attached hydrogen (secondary N) is 1. The molecule has 4 heterocycles. The number of nitrogens with zero attached hydrogens (tertiary/aromatic N) is 5. The molecule has 1 N–H and O–H groups in total. The lowest BCUT2D eigenvalue weighted by atomic mass is 10.1. The lowest BCUT2D eigenvalue weighted by molar-refractivity contribution is 0.193. The van der Waals surface area contributed by atoms with Crippen molar-refractivity contribution in [3.8, 4) is 10.6 Å². The number of carbonyl (C=O) groups excluding carboxylic acids is 1. The van der Waals surface area contributed by atoms with Crippen LogP contribution in [-0.2, 0) is 0 Å². The van der Waals surface area contributed by atoms with Crippen LogP contribution in [0.25, 0.3) is 21.3 Å². The Balaban J connectivity index is 0.00000245. The van der Waals surface area contributed by atoms with Crippen molar-refractivity contribution in [3.05, 3.63) is 59.0 Å². The van der Waals surface area contributed by atoms with Gasteiger partial charge in [-0.3, -0.25) is 5.32 Å². The Morgan fingerprint density at radius 2 is 2.06 bits per heavy atom. The average molecular weight is 435 g/mol. The quantitative estimate of drug-likeness (QED) is 0.612. The normalized spacial score (nSPS) is 16.5. The van der Waals surface area contributed by atoms with Crippen molar-refractivity contribution < 1.29 is 6.22 Å². The molecule has 0 atom stereocenters. The van der Waals surface area contributed by atoms with Crippen molar-refractivity contribution in [2.75, 3.05) is 25.0 Å². The van der Waals surface area contributed by atoms with E-state index >= 15 is 0 Å². The van der Waals surface area contributed by atoms with E-state index in [0.717, 1.165) is 45.7 Å². The van der Waals surface area contributed by atoms with Crippen LogP contribution in [0.5, 0.6) is 0 Å². The van der Waals surface area contributed by atoms with E-state index in [9.17, 15) is 4.79 Å². The molecular formula is C23H26N6OS. The lowest BCUT2D eigenvalue weighted by Crippen LogP contribution is -2.47. The van der Waals surface area contributed by atoms with Gasteiger partial charge in [-0.05, 0) is 44.2 Å². The molecule has 0 saturated carbocycles. The number of hydrogen-bond acceptors (Lipinski definition) is 6. The summed E-state index contributed by atoms with van der Waals surface area (Å²) in [7, 11) is 0. The summed E-state index contributed by atoms with van der Waals surface area (Å²) in [6, 6.07) is 7.91. The monoisotopic (exact) mass is 434 g/mol. The van der Waals surface area contributed by atoms with E-state index in [1.807, 2.05) is 30.0 Å². The lowest BCUT2D eigenvalue weighted by Gasteiger charge is -2.36. The fourth-order valence-corrected chi connectivity index (χ4v) is 4.67. The maximum Gasteiger partial charge on any atom is 0.323 e. The highest BCUT2D eigenvalue weighted by Crippen LogP contribution is 2.28. The molecule has 0 bridgehead atoms. The fourth-order valence-electron chi connectivity index (χ4n) is 3.98. The van der Waals surface area contributed by atoms with Gasteiger partial charge in [0.2, 0.25) is 0 Å². The van der Waals surface area contributed by atoms with Gasteiger partial charge >= 0.3 is 6.03 Å². The molecule has 8 heteroatoms. The van der Waals surface area contributed by atoms with Gasteiger partial charge in [0.25, 0.3) is 0 Å². The summed E-state index contributed by atoms with van der Waals surface area (Å²) in [5, 5.41) is 15.2. The van der Waals surface area contributed by atoms with Crippen molar-refractivity contribution in [1.82, 2.24) is 25.0 Å². The number of piperazine rings is 1. The first kappa shape index (κ1) is 19.7. The summed E-state index contributed by atoms with van der Waals surface area (Å²) in [5.41, 5.74) is 3.59. The molecule has 0 spiro atoms. The van der Waals surface area contributed by atoms with Crippen LogP contribution in [0, 0.1) is 6.92 Å². The molecule has 0 aliphatic carbocycles. The first-order valence-corrected chi connectivity index (χ1v) is 11.3.